The highest BCUT2D eigenvalue weighted by Gasteiger charge is 2.31. The van der Waals surface area contributed by atoms with Crippen LogP contribution in [0.25, 0.3) is 0 Å². The topological polar surface area (TPSA) is 46.3 Å². The third-order valence-corrected chi connectivity index (χ3v) is 5.18. The smallest absolute Gasteiger partial charge is 0.223 e. The number of hydrogen-bond acceptors (Lipinski definition) is 2. The van der Waals surface area contributed by atoms with E-state index in [1.807, 2.05) is 0 Å². The van der Waals surface area contributed by atoms with E-state index >= 15 is 0 Å². The molecule has 0 spiro atoms. The Kier molecular flexibility index (Phi) is 5.68. The lowest BCUT2D eigenvalue weighted by Gasteiger charge is -2.39. The van der Waals surface area contributed by atoms with Gasteiger partial charge in [0.15, 0.2) is 0 Å². The zero-order valence-electron chi connectivity index (χ0n) is 12.4. The maximum atomic E-state index is 12.5. The Labute approximate surface area is 117 Å². The SMILES string of the molecule is CCC1CCN(C(=O)CC2CCCCC2)C(CN)C1. The summed E-state index contributed by atoms with van der Waals surface area (Å²) >= 11 is 0. The van der Waals surface area contributed by atoms with Crippen molar-refractivity contribution in [2.24, 2.45) is 17.6 Å². The highest BCUT2D eigenvalue weighted by atomic mass is 16.2. The molecule has 0 aromatic carbocycles. The quantitative estimate of drug-likeness (QED) is 0.850. The molecule has 2 aliphatic rings. The molecule has 19 heavy (non-hydrogen) atoms. The number of rotatable bonds is 4. The van der Waals surface area contributed by atoms with Gasteiger partial charge in [0.25, 0.3) is 0 Å². The van der Waals surface area contributed by atoms with Gasteiger partial charge in [0, 0.05) is 25.6 Å². The van der Waals surface area contributed by atoms with Gasteiger partial charge in [0.05, 0.1) is 0 Å². The third-order valence-electron chi connectivity index (χ3n) is 5.18. The Hall–Kier alpha value is -0.570. The van der Waals surface area contributed by atoms with E-state index in [2.05, 4.69) is 11.8 Å². The number of hydrogen-bond donors (Lipinski definition) is 1. The molecule has 3 heteroatoms. The maximum absolute atomic E-state index is 12.5. The predicted octanol–water partition coefficient (Wildman–Crippen LogP) is 2.93. The number of nitrogens with zero attached hydrogens (tertiary/aromatic N) is 1. The number of nitrogens with two attached hydrogens (primary N) is 1. The molecule has 0 bridgehead atoms. The molecule has 2 fully saturated rings. The first-order valence-corrected chi connectivity index (χ1v) is 8.24. The molecular weight excluding hydrogens is 236 g/mol. The van der Waals surface area contributed by atoms with Crippen molar-refractivity contribution in [3.8, 4) is 0 Å². The average molecular weight is 266 g/mol. The first-order chi connectivity index (χ1) is 9.24. The number of carbonyl (C=O) groups is 1. The lowest BCUT2D eigenvalue weighted by molar-refractivity contribution is -0.136. The van der Waals surface area contributed by atoms with E-state index in [1.165, 1.54) is 44.9 Å². The molecule has 1 heterocycles. The van der Waals surface area contributed by atoms with Crippen molar-refractivity contribution < 1.29 is 4.79 Å². The Bertz CT molecular complexity index is 286. The molecule has 110 valence electrons. The molecular formula is C16H30N2O. The zero-order valence-corrected chi connectivity index (χ0v) is 12.4. The second-order valence-electron chi connectivity index (χ2n) is 6.48. The Morgan fingerprint density at radius 3 is 2.53 bits per heavy atom. The van der Waals surface area contributed by atoms with Crippen molar-refractivity contribution in [2.75, 3.05) is 13.1 Å². The minimum absolute atomic E-state index is 0.301. The molecule has 3 nitrogen and oxygen atoms in total. The Balaban J connectivity index is 1.86. The van der Waals surface area contributed by atoms with E-state index in [0.717, 1.165) is 25.3 Å². The monoisotopic (exact) mass is 266 g/mol. The molecule has 0 aromatic rings. The van der Waals surface area contributed by atoms with Gasteiger partial charge in [-0.2, -0.15) is 0 Å². The third kappa shape index (κ3) is 3.95. The van der Waals surface area contributed by atoms with Gasteiger partial charge in [-0.15, -0.1) is 0 Å². The highest BCUT2D eigenvalue weighted by Crippen LogP contribution is 2.30. The summed E-state index contributed by atoms with van der Waals surface area (Å²) in [5.74, 6) is 1.78. The van der Waals surface area contributed by atoms with Crippen molar-refractivity contribution in [3.05, 3.63) is 0 Å². The van der Waals surface area contributed by atoms with Crippen molar-refractivity contribution in [3.63, 3.8) is 0 Å². The first kappa shape index (κ1) is 14.8. The van der Waals surface area contributed by atoms with E-state index < -0.39 is 0 Å². The predicted molar refractivity (Wildman–Crippen MR) is 78.8 cm³/mol. The number of likely N-dealkylation sites (tertiary alicyclic amines) is 1. The van der Waals surface area contributed by atoms with Gasteiger partial charge in [-0.25, -0.2) is 0 Å². The summed E-state index contributed by atoms with van der Waals surface area (Å²) in [5.41, 5.74) is 5.89. The van der Waals surface area contributed by atoms with Crippen molar-refractivity contribution in [1.82, 2.24) is 4.90 Å². The van der Waals surface area contributed by atoms with Gasteiger partial charge in [-0.3, -0.25) is 4.79 Å². The van der Waals surface area contributed by atoms with E-state index in [9.17, 15) is 4.79 Å². The van der Waals surface area contributed by atoms with Gasteiger partial charge in [-0.1, -0.05) is 32.6 Å². The van der Waals surface area contributed by atoms with Gasteiger partial charge >= 0.3 is 0 Å². The van der Waals surface area contributed by atoms with E-state index in [4.69, 9.17) is 5.73 Å². The van der Waals surface area contributed by atoms with Crippen LogP contribution in [0.2, 0.25) is 0 Å². The Morgan fingerprint density at radius 2 is 1.89 bits per heavy atom. The summed E-state index contributed by atoms with van der Waals surface area (Å²) in [6.07, 6.45) is 10.8. The van der Waals surface area contributed by atoms with Crippen LogP contribution in [0.5, 0.6) is 0 Å². The molecule has 1 saturated carbocycles. The van der Waals surface area contributed by atoms with Crippen LogP contribution in [0.1, 0.15) is 64.7 Å². The summed E-state index contributed by atoms with van der Waals surface area (Å²) in [6.45, 7) is 3.82. The van der Waals surface area contributed by atoms with Crippen LogP contribution >= 0.6 is 0 Å². The van der Waals surface area contributed by atoms with E-state index in [-0.39, 0.29) is 0 Å². The molecule has 2 unspecified atom stereocenters. The molecule has 0 radical (unpaired) electrons. The largest absolute Gasteiger partial charge is 0.338 e. The summed E-state index contributed by atoms with van der Waals surface area (Å²) in [4.78, 5) is 14.6. The highest BCUT2D eigenvalue weighted by molar-refractivity contribution is 5.77. The second-order valence-corrected chi connectivity index (χ2v) is 6.48. The van der Waals surface area contributed by atoms with Crippen LogP contribution in [-0.4, -0.2) is 29.9 Å². The van der Waals surface area contributed by atoms with E-state index in [1.54, 1.807) is 0 Å². The second kappa shape index (κ2) is 7.28. The van der Waals surface area contributed by atoms with Crippen molar-refractivity contribution in [1.29, 1.82) is 0 Å². The van der Waals surface area contributed by atoms with Crippen LogP contribution in [0.15, 0.2) is 0 Å². The molecule has 2 rings (SSSR count). The van der Waals surface area contributed by atoms with Crippen LogP contribution < -0.4 is 5.73 Å². The number of carbonyl (C=O) groups excluding carboxylic acids is 1. The molecule has 2 atom stereocenters. The molecule has 1 aliphatic carbocycles. The summed E-state index contributed by atoms with van der Waals surface area (Å²) in [7, 11) is 0. The van der Waals surface area contributed by atoms with Crippen LogP contribution in [-0.2, 0) is 4.79 Å². The summed E-state index contributed by atoms with van der Waals surface area (Å²) in [6, 6.07) is 0.301. The minimum Gasteiger partial charge on any atom is -0.338 e. The molecule has 1 aliphatic heterocycles. The first-order valence-electron chi connectivity index (χ1n) is 8.24. The summed E-state index contributed by atoms with van der Waals surface area (Å²) < 4.78 is 0. The van der Waals surface area contributed by atoms with Crippen LogP contribution in [0, 0.1) is 11.8 Å². The van der Waals surface area contributed by atoms with Gasteiger partial charge in [0.1, 0.15) is 0 Å². The van der Waals surface area contributed by atoms with Crippen molar-refractivity contribution in [2.45, 2.75) is 70.8 Å². The number of amides is 1. The van der Waals surface area contributed by atoms with Crippen LogP contribution in [0.4, 0.5) is 0 Å². The molecule has 0 aromatic heterocycles. The zero-order chi connectivity index (χ0) is 13.7. The molecule has 1 saturated heterocycles. The molecule has 1 amide bonds. The van der Waals surface area contributed by atoms with Gasteiger partial charge < -0.3 is 10.6 Å². The van der Waals surface area contributed by atoms with Gasteiger partial charge in [-0.05, 0) is 37.5 Å². The van der Waals surface area contributed by atoms with E-state index in [0.29, 0.717) is 24.4 Å². The van der Waals surface area contributed by atoms with Gasteiger partial charge in [0.2, 0.25) is 5.91 Å². The summed E-state index contributed by atoms with van der Waals surface area (Å²) in [5, 5.41) is 0. The fraction of sp³-hybridized carbons (Fsp3) is 0.938. The van der Waals surface area contributed by atoms with Crippen LogP contribution in [0.3, 0.4) is 0 Å². The lowest BCUT2D eigenvalue weighted by Crippen LogP contribution is -2.49. The number of piperidine rings is 1. The standard InChI is InChI=1S/C16H30N2O/c1-2-13-8-9-18(15(10-13)12-17)16(19)11-14-6-4-3-5-7-14/h13-15H,2-12,17H2,1H3. The Morgan fingerprint density at radius 1 is 1.16 bits per heavy atom. The minimum atomic E-state index is 0.301. The average Bonchev–Trinajstić information content (AvgIpc) is 2.47. The fourth-order valence-electron chi connectivity index (χ4n) is 3.81. The van der Waals surface area contributed by atoms with Crippen molar-refractivity contribution >= 4 is 5.91 Å². The molecule has 2 N–H and O–H groups in total. The maximum Gasteiger partial charge on any atom is 0.223 e. The fourth-order valence-corrected chi connectivity index (χ4v) is 3.81. The lowest BCUT2D eigenvalue weighted by atomic mass is 9.85. The normalized spacial score (nSPS) is 29.5.